The molecule has 0 saturated heterocycles. The topological polar surface area (TPSA) is 0 Å². The fourth-order valence-electron chi connectivity index (χ4n) is 2.69. The fraction of sp³-hybridized carbons (Fsp3) is 0.867. The van der Waals surface area contributed by atoms with Gasteiger partial charge in [0.05, 0.1) is 0 Å². The summed E-state index contributed by atoms with van der Waals surface area (Å²) in [6.45, 7) is 2.11. The molecule has 0 N–H and O–H groups in total. The SMILES string of the molecule is C/C=C/CCCCCCC1CCCCC1. The first-order valence-electron chi connectivity index (χ1n) is 7.04. The highest BCUT2D eigenvalue weighted by molar-refractivity contribution is 4.76. The molecule has 1 aliphatic rings. The molecule has 0 bridgehead atoms. The van der Waals surface area contributed by atoms with Crippen LogP contribution in [0.4, 0.5) is 0 Å². The molecule has 0 heterocycles. The summed E-state index contributed by atoms with van der Waals surface area (Å²) in [5, 5.41) is 0. The van der Waals surface area contributed by atoms with Crippen molar-refractivity contribution in [3.8, 4) is 0 Å². The van der Waals surface area contributed by atoms with Gasteiger partial charge in [-0.25, -0.2) is 0 Å². The Morgan fingerprint density at radius 1 is 0.933 bits per heavy atom. The minimum absolute atomic E-state index is 1.09. The summed E-state index contributed by atoms with van der Waals surface area (Å²) in [5.41, 5.74) is 0. The average molecular weight is 208 g/mol. The Hall–Kier alpha value is -0.260. The molecule has 1 rings (SSSR count). The summed E-state index contributed by atoms with van der Waals surface area (Å²) < 4.78 is 0. The Kier molecular flexibility index (Phi) is 7.69. The summed E-state index contributed by atoms with van der Waals surface area (Å²) >= 11 is 0. The van der Waals surface area contributed by atoms with Crippen LogP contribution in [-0.4, -0.2) is 0 Å². The largest absolute Gasteiger partial charge is 0.0917 e. The van der Waals surface area contributed by atoms with Gasteiger partial charge in [-0.15, -0.1) is 0 Å². The molecule has 0 aliphatic heterocycles. The predicted octanol–water partition coefficient (Wildman–Crippen LogP) is 5.48. The Morgan fingerprint density at radius 2 is 1.67 bits per heavy atom. The summed E-state index contributed by atoms with van der Waals surface area (Å²) in [6, 6.07) is 0. The van der Waals surface area contributed by atoms with E-state index in [0.717, 1.165) is 5.92 Å². The highest BCUT2D eigenvalue weighted by Crippen LogP contribution is 2.27. The molecule has 0 aromatic rings. The van der Waals surface area contributed by atoms with Crippen LogP contribution < -0.4 is 0 Å². The quantitative estimate of drug-likeness (QED) is 0.384. The molecule has 0 unspecified atom stereocenters. The third kappa shape index (κ3) is 6.76. The van der Waals surface area contributed by atoms with E-state index in [0.29, 0.717) is 0 Å². The minimum atomic E-state index is 1.09. The molecule has 0 radical (unpaired) electrons. The molecule has 0 atom stereocenters. The van der Waals surface area contributed by atoms with Gasteiger partial charge >= 0.3 is 0 Å². The summed E-state index contributed by atoms with van der Waals surface area (Å²) in [7, 11) is 0. The smallest absolute Gasteiger partial charge is 0.0351 e. The van der Waals surface area contributed by atoms with E-state index in [-0.39, 0.29) is 0 Å². The third-order valence-electron chi connectivity index (χ3n) is 3.69. The molecule has 1 aliphatic carbocycles. The van der Waals surface area contributed by atoms with Crippen LogP contribution in [0.5, 0.6) is 0 Å². The van der Waals surface area contributed by atoms with Gasteiger partial charge in [0.15, 0.2) is 0 Å². The van der Waals surface area contributed by atoms with Crippen molar-refractivity contribution in [3.05, 3.63) is 12.2 Å². The van der Waals surface area contributed by atoms with Crippen LogP contribution in [0.2, 0.25) is 0 Å². The van der Waals surface area contributed by atoms with E-state index in [4.69, 9.17) is 0 Å². The zero-order valence-electron chi connectivity index (χ0n) is 10.5. The van der Waals surface area contributed by atoms with E-state index in [2.05, 4.69) is 19.1 Å². The van der Waals surface area contributed by atoms with Crippen LogP contribution in [0, 0.1) is 5.92 Å². The predicted molar refractivity (Wildman–Crippen MR) is 69.1 cm³/mol. The Bertz CT molecular complexity index is 151. The zero-order valence-corrected chi connectivity index (χ0v) is 10.5. The maximum Gasteiger partial charge on any atom is -0.0351 e. The van der Waals surface area contributed by atoms with Gasteiger partial charge < -0.3 is 0 Å². The Labute approximate surface area is 96.2 Å². The summed E-state index contributed by atoms with van der Waals surface area (Å²) in [5.74, 6) is 1.09. The van der Waals surface area contributed by atoms with Crippen molar-refractivity contribution in [1.29, 1.82) is 0 Å². The van der Waals surface area contributed by atoms with E-state index in [1.54, 1.807) is 0 Å². The number of hydrogen-bond donors (Lipinski definition) is 0. The van der Waals surface area contributed by atoms with Crippen molar-refractivity contribution in [1.82, 2.24) is 0 Å². The van der Waals surface area contributed by atoms with Crippen LogP contribution >= 0.6 is 0 Å². The highest BCUT2D eigenvalue weighted by atomic mass is 14.2. The lowest BCUT2D eigenvalue weighted by Crippen LogP contribution is -2.05. The molecular formula is C15H28. The molecule has 1 saturated carbocycles. The monoisotopic (exact) mass is 208 g/mol. The molecule has 15 heavy (non-hydrogen) atoms. The van der Waals surface area contributed by atoms with Gasteiger partial charge in [-0.1, -0.05) is 69.9 Å². The summed E-state index contributed by atoms with van der Waals surface area (Å²) in [4.78, 5) is 0. The normalized spacial score (nSPS) is 18.7. The molecule has 0 aromatic heterocycles. The molecular weight excluding hydrogens is 180 g/mol. The van der Waals surface area contributed by atoms with E-state index >= 15 is 0 Å². The van der Waals surface area contributed by atoms with Crippen molar-refractivity contribution < 1.29 is 0 Å². The lowest BCUT2D eigenvalue weighted by molar-refractivity contribution is 0.328. The van der Waals surface area contributed by atoms with Gasteiger partial charge in [0.1, 0.15) is 0 Å². The number of rotatable bonds is 7. The number of allylic oxidation sites excluding steroid dienone is 2. The maximum atomic E-state index is 2.29. The Balaban J connectivity index is 1.83. The van der Waals surface area contributed by atoms with Gasteiger partial charge in [-0.2, -0.15) is 0 Å². The van der Waals surface area contributed by atoms with Crippen molar-refractivity contribution in [2.24, 2.45) is 5.92 Å². The number of unbranched alkanes of at least 4 members (excludes halogenated alkanes) is 4. The lowest BCUT2D eigenvalue weighted by Gasteiger charge is -2.21. The fourth-order valence-corrected chi connectivity index (χ4v) is 2.69. The molecule has 0 amide bonds. The minimum Gasteiger partial charge on any atom is -0.0917 e. The van der Waals surface area contributed by atoms with E-state index in [1.165, 1.54) is 70.6 Å². The first kappa shape index (κ1) is 12.8. The number of hydrogen-bond acceptors (Lipinski definition) is 0. The standard InChI is InChI=1S/C15H28/c1-2-3-4-5-6-7-9-12-15-13-10-8-11-14-15/h2-3,15H,4-14H2,1H3/b3-2+. The van der Waals surface area contributed by atoms with Crippen LogP contribution in [0.15, 0.2) is 12.2 Å². The van der Waals surface area contributed by atoms with Crippen molar-refractivity contribution in [2.75, 3.05) is 0 Å². The van der Waals surface area contributed by atoms with E-state index in [9.17, 15) is 0 Å². The lowest BCUT2D eigenvalue weighted by atomic mass is 9.85. The summed E-state index contributed by atoms with van der Waals surface area (Å²) in [6.07, 6.45) is 20.6. The molecule has 88 valence electrons. The highest BCUT2D eigenvalue weighted by Gasteiger charge is 2.12. The third-order valence-corrected chi connectivity index (χ3v) is 3.69. The van der Waals surface area contributed by atoms with Crippen molar-refractivity contribution in [2.45, 2.75) is 77.6 Å². The second-order valence-corrected chi connectivity index (χ2v) is 5.06. The second kappa shape index (κ2) is 9.00. The van der Waals surface area contributed by atoms with Gasteiger partial charge in [-0.3, -0.25) is 0 Å². The first-order chi connectivity index (χ1) is 7.43. The van der Waals surface area contributed by atoms with Crippen LogP contribution in [-0.2, 0) is 0 Å². The molecule has 0 nitrogen and oxygen atoms in total. The zero-order chi connectivity index (χ0) is 10.8. The van der Waals surface area contributed by atoms with Crippen LogP contribution in [0.1, 0.15) is 77.6 Å². The van der Waals surface area contributed by atoms with Crippen LogP contribution in [0.25, 0.3) is 0 Å². The van der Waals surface area contributed by atoms with Crippen LogP contribution in [0.3, 0.4) is 0 Å². The van der Waals surface area contributed by atoms with Crippen molar-refractivity contribution in [3.63, 3.8) is 0 Å². The van der Waals surface area contributed by atoms with Gasteiger partial charge in [0, 0.05) is 0 Å². The van der Waals surface area contributed by atoms with E-state index in [1.807, 2.05) is 0 Å². The van der Waals surface area contributed by atoms with Gasteiger partial charge in [0.25, 0.3) is 0 Å². The molecule has 0 spiro atoms. The molecule has 1 fully saturated rings. The second-order valence-electron chi connectivity index (χ2n) is 5.06. The van der Waals surface area contributed by atoms with Gasteiger partial charge in [0.2, 0.25) is 0 Å². The van der Waals surface area contributed by atoms with Crippen molar-refractivity contribution >= 4 is 0 Å². The molecule has 0 aromatic carbocycles. The van der Waals surface area contributed by atoms with Gasteiger partial charge in [-0.05, 0) is 25.7 Å². The molecule has 0 heteroatoms. The first-order valence-corrected chi connectivity index (χ1v) is 7.04. The maximum absolute atomic E-state index is 2.29. The Morgan fingerprint density at radius 3 is 2.40 bits per heavy atom. The van der Waals surface area contributed by atoms with E-state index < -0.39 is 0 Å². The average Bonchev–Trinajstić information content (AvgIpc) is 2.29.